The van der Waals surface area contributed by atoms with Gasteiger partial charge in [0.05, 0.1) is 0 Å². The van der Waals surface area contributed by atoms with Crippen molar-refractivity contribution < 1.29 is 14.4 Å². The van der Waals surface area contributed by atoms with Crippen LogP contribution < -0.4 is 10.2 Å². The highest BCUT2D eigenvalue weighted by Gasteiger charge is 2.44. The summed E-state index contributed by atoms with van der Waals surface area (Å²) >= 11 is 0. The van der Waals surface area contributed by atoms with E-state index in [0.29, 0.717) is 5.69 Å². The fraction of sp³-hybridized carbons (Fsp3) is 0.318. The van der Waals surface area contributed by atoms with Crippen molar-refractivity contribution in [1.82, 2.24) is 4.90 Å². The van der Waals surface area contributed by atoms with Crippen molar-refractivity contribution in [3.8, 4) is 0 Å². The third-order valence-electron chi connectivity index (χ3n) is 5.07. The number of nitrogens with zero attached hydrogens (tertiary/aromatic N) is 2. The van der Waals surface area contributed by atoms with E-state index in [9.17, 15) is 14.4 Å². The van der Waals surface area contributed by atoms with Crippen LogP contribution in [0, 0.1) is 13.8 Å². The number of imide groups is 1. The van der Waals surface area contributed by atoms with Crippen molar-refractivity contribution in [2.45, 2.75) is 40.2 Å². The summed E-state index contributed by atoms with van der Waals surface area (Å²) in [6.07, 6.45) is 0.775. The molecule has 1 heterocycles. The Bertz CT molecular complexity index is 921. The number of hydrogen-bond donors (Lipinski definition) is 1. The minimum Gasteiger partial charge on any atom is -0.324 e. The molecule has 1 aliphatic rings. The van der Waals surface area contributed by atoms with Gasteiger partial charge in [-0.1, -0.05) is 42.8 Å². The number of para-hydroxylation sites is 1. The first-order chi connectivity index (χ1) is 13.3. The zero-order valence-electron chi connectivity index (χ0n) is 16.7. The maximum absolute atomic E-state index is 12.8. The van der Waals surface area contributed by atoms with Gasteiger partial charge in [-0.15, -0.1) is 0 Å². The summed E-state index contributed by atoms with van der Waals surface area (Å²) in [6, 6.07) is 12.1. The molecular weight excluding hydrogens is 354 g/mol. The van der Waals surface area contributed by atoms with E-state index in [-0.39, 0.29) is 18.4 Å². The van der Waals surface area contributed by atoms with Crippen LogP contribution in [0.1, 0.15) is 30.5 Å². The molecular formula is C22H25N3O3. The van der Waals surface area contributed by atoms with Crippen LogP contribution in [0.25, 0.3) is 0 Å². The maximum Gasteiger partial charge on any atom is 0.332 e. The van der Waals surface area contributed by atoms with E-state index in [2.05, 4.69) is 5.32 Å². The van der Waals surface area contributed by atoms with Crippen molar-refractivity contribution in [1.29, 1.82) is 0 Å². The zero-order valence-corrected chi connectivity index (χ0v) is 16.7. The van der Waals surface area contributed by atoms with Crippen LogP contribution in [0.15, 0.2) is 42.5 Å². The number of amides is 4. The summed E-state index contributed by atoms with van der Waals surface area (Å²) in [5, 5.41) is 2.87. The number of carbonyl (C=O) groups excluding carboxylic acids is 3. The Morgan fingerprint density at radius 3 is 2.39 bits per heavy atom. The van der Waals surface area contributed by atoms with E-state index >= 15 is 0 Å². The number of anilines is 2. The standard InChI is InChI=1S/C22H25N3O3/c1-5-17-8-6-7-15(3)20(17)23-19(26)13-24-21(27)16(4)25(22(24)28)18-11-9-14(2)10-12-18/h6-12,16H,5,13H2,1-4H3,(H,23,26)/t16-/m0/s1. The number of urea groups is 1. The molecule has 1 N–H and O–H groups in total. The van der Waals surface area contributed by atoms with Crippen LogP contribution in [0.5, 0.6) is 0 Å². The van der Waals surface area contributed by atoms with Gasteiger partial charge in [0, 0.05) is 11.4 Å². The number of rotatable bonds is 5. The molecule has 1 fully saturated rings. The van der Waals surface area contributed by atoms with Gasteiger partial charge in [0.25, 0.3) is 5.91 Å². The van der Waals surface area contributed by atoms with Gasteiger partial charge in [-0.25, -0.2) is 4.79 Å². The topological polar surface area (TPSA) is 69.7 Å². The lowest BCUT2D eigenvalue weighted by atomic mass is 10.1. The van der Waals surface area contributed by atoms with Crippen LogP contribution >= 0.6 is 0 Å². The predicted molar refractivity (Wildman–Crippen MR) is 109 cm³/mol. The summed E-state index contributed by atoms with van der Waals surface area (Å²) in [4.78, 5) is 40.5. The fourth-order valence-corrected chi connectivity index (χ4v) is 3.44. The molecule has 4 amide bonds. The molecule has 1 atom stereocenters. The molecule has 6 nitrogen and oxygen atoms in total. The molecule has 1 saturated heterocycles. The van der Waals surface area contributed by atoms with Crippen molar-refractivity contribution in [2.24, 2.45) is 0 Å². The highest BCUT2D eigenvalue weighted by atomic mass is 16.2. The Morgan fingerprint density at radius 1 is 1.07 bits per heavy atom. The summed E-state index contributed by atoms with van der Waals surface area (Å²) in [7, 11) is 0. The second kappa shape index (κ2) is 7.84. The van der Waals surface area contributed by atoms with E-state index < -0.39 is 12.1 Å². The Balaban J connectivity index is 1.77. The largest absolute Gasteiger partial charge is 0.332 e. The third-order valence-corrected chi connectivity index (χ3v) is 5.07. The SMILES string of the molecule is CCc1cccc(C)c1NC(=O)CN1C(=O)[C@H](C)N(c2ccc(C)cc2)C1=O. The van der Waals surface area contributed by atoms with Gasteiger partial charge < -0.3 is 5.32 Å². The lowest BCUT2D eigenvalue weighted by molar-refractivity contribution is -0.130. The van der Waals surface area contributed by atoms with Crippen molar-refractivity contribution in [3.05, 3.63) is 59.2 Å². The normalized spacial score (nSPS) is 16.6. The van der Waals surface area contributed by atoms with Gasteiger partial charge >= 0.3 is 6.03 Å². The van der Waals surface area contributed by atoms with E-state index in [0.717, 1.165) is 33.7 Å². The first-order valence-electron chi connectivity index (χ1n) is 9.43. The number of nitrogens with one attached hydrogen (secondary N) is 1. The molecule has 146 valence electrons. The Labute approximate surface area is 165 Å². The van der Waals surface area contributed by atoms with E-state index in [1.807, 2.05) is 51.1 Å². The Kier molecular flexibility index (Phi) is 5.49. The van der Waals surface area contributed by atoms with Crippen molar-refractivity contribution in [3.63, 3.8) is 0 Å². The number of aryl methyl sites for hydroxylation is 3. The highest BCUT2D eigenvalue weighted by molar-refractivity contribution is 6.16. The summed E-state index contributed by atoms with van der Waals surface area (Å²) < 4.78 is 0. The van der Waals surface area contributed by atoms with Gasteiger partial charge in [-0.05, 0) is 50.5 Å². The summed E-state index contributed by atoms with van der Waals surface area (Å²) in [5.74, 6) is -0.759. The van der Waals surface area contributed by atoms with Gasteiger partial charge in [-0.2, -0.15) is 0 Å². The molecule has 2 aromatic rings. The molecule has 2 aromatic carbocycles. The van der Waals surface area contributed by atoms with Gasteiger partial charge in [0.1, 0.15) is 12.6 Å². The third kappa shape index (κ3) is 3.63. The van der Waals surface area contributed by atoms with Crippen LogP contribution in [-0.4, -0.2) is 35.3 Å². The number of benzene rings is 2. The minimum atomic E-state index is -0.646. The molecule has 0 spiro atoms. The molecule has 6 heteroatoms. The van der Waals surface area contributed by atoms with E-state index in [4.69, 9.17) is 0 Å². The fourth-order valence-electron chi connectivity index (χ4n) is 3.44. The zero-order chi connectivity index (χ0) is 20.4. The molecule has 0 radical (unpaired) electrons. The van der Waals surface area contributed by atoms with Crippen molar-refractivity contribution in [2.75, 3.05) is 16.8 Å². The molecule has 28 heavy (non-hydrogen) atoms. The van der Waals surface area contributed by atoms with Gasteiger partial charge in [-0.3, -0.25) is 19.4 Å². The lowest BCUT2D eigenvalue weighted by Gasteiger charge is -2.19. The first-order valence-corrected chi connectivity index (χ1v) is 9.43. The quantitative estimate of drug-likeness (QED) is 0.806. The van der Waals surface area contributed by atoms with Crippen LogP contribution in [-0.2, 0) is 16.0 Å². The molecule has 0 unspecified atom stereocenters. The average Bonchev–Trinajstić information content (AvgIpc) is 2.88. The molecule has 0 bridgehead atoms. The maximum atomic E-state index is 12.8. The predicted octanol–water partition coefficient (Wildman–Crippen LogP) is 3.66. The number of hydrogen-bond acceptors (Lipinski definition) is 3. The minimum absolute atomic E-state index is 0.304. The lowest BCUT2D eigenvalue weighted by Crippen LogP contribution is -2.39. The van der Waals surface area contributed by atoms with Gasteiger partial charge in [0.2, 0.25) is 5.91 Å². The molecule has 3 rings (SSSR count). The Hall–Kier alpha value is -3.15. The second-order valence-corrected chi connectivity index (χ2v) is 7.10. The molecule has 0 saturated carbocycles. The first kappa shape index (κ1) is 19.6. The van der Waals surface area contributed by atoms with Crippen molar-refractivity contribution >= 4 is 29.2 Å². The van der Waals surface area contributed by atoms with Crippen LogP contribution in [0.2, 0.25) is 0 Å². The summed E-state index contributed by atoms with van der Waals surface area (Å²) in [5.41, 5.74) is 4.42. The average molecular weight is 379 g/mol. The van der Waals surface area contributed by atoms with E-state index in [1.165, 1.54) is 4.90 Å². The Morgan fingerprint density at radius 2 is 1.75 bits per heavy atom. The van der Waals surface area contributed by atoms with Crippen LogP contribution in [0.3, 0.4) is 0 Å². The monoisotopic (exact) mass is 379 g/mol. The molecule has 0 aliphatic carbocycles. The van der Waals surface area contributed by atoms with Gasteiger partial charge in [0.15, 0.2) is 0 Å². The van der Waals surface area contributed by atoms with E-state index in [1.54, 1.807) is 19.1 Å². The molecule has 1 aliphatic heterocycles. The highest BCUT2D eigenvalue weighted by Crippen LogP contribution is 2.26. The van der Waals surface area contributed by atoms with Crippen LogP contribution in [0.4, 0.5) is 16.2 Å². The summed E-state index contributed by atoms with van der Waals surface area (Å²) in [6.45, 7) is 7.26. The second-order valence-electron chi connectivity index (χ2n) is 7.10. The molecule has 0 aromatic heterocycles. The number of carbonyl (C=O) groups is 3. The smallest absolute Gasteiger partial charge is 0.324 e.